The monoisotopic (exact) mass is 324 g/mol. The van der Waals surface area contributed by atoms with E-state index in [-0.39, 0.29) is 10.9 Å². The number of hydrogen-bond acceptors (Lipinski definition) is 4. The van der Waals surface area contributed by atoms with E-state index in [4.69, 9.17) is 0 Å². The van der Waals surface area contributed by atoms with E-state index in [0.29, 0.717) is 12.2 Å². The van der Waals surface area contributed by atoms with Crippen molar-refractivity contribution in [2.75, 3.05) is 5.32 Å². The van der Waals surface area contributed by atoms with Gasteiger partial charge in [0.1, 0.15) is 4.90 Å². The van der Waals surface area contributed by atoms with Gasteiger partial charge in [-0.1, -0.05) is 12.1 Å². The molecule has 2 aromatic rings. The SMILES string of the molecule is Cc1ccc(CNc2ccccc2S(=O)(=O)NC(C)C)s1. The second-order valence-corrected chi connectivity index (χ2v) is 8.19. The van der Waals surface area contributed by atoms with Gasteiger partial charge in [0, 0.05) is 22.3 Å². The van der Waals surface area contributed by atoms with Crippen molar-refractivity contribution in [1.82, 2.24) is 4.72 Å². The van der Waals surface area contributed by atoms with Crippen LogP contribution in [0.3, 0.4) is 0 Å². The lowest BCUT2D eigenvalue weighted by Crippen LogP contribution is -2.30. The summed E-state index contributed by atoms with van der Waals surface area (Å²) in [5, 5.41) is 3.21. The highest BCUT2D eigenvalue weighted by atomic mass is 32.2. The zero-order chi connectivity index (χ0) is 15.5. The molecule has 0 fully saturated rings. The number of sulfonamides is 1. The Morgan fingerprint density at radius 1 is 1.14 bits per heavy atom. The predicted octanol–water partition coefficient (Wildman–Crippen LogP) is 3.36. The molecule has 2 rings (SSSR count). The molecule has 114 valence electrons. The number of benzene rings is 1. The first kappa shape index (κ1) is 16.0. The van der Waals surface area contributed by atoms with Crippen LogP contribution in [0.1, 0.15) is 23.6 Å². The second-order valence-electron chi connectivity index (χ2n) is 5.14. The van der Waals surface area contributed by atoms with E-state index in [9.17, 15) is 8.42 Å². The third-order valence-corrected chi connectivity index (χ3v) is 5.53. The fourth-order valence-corrected chi connectivity index (χ4v) is 4.25. The molecule has 4 nitrogen and oxygen atoms in total. The first-order chi connectivity index (χ1) is 9.88. The number of nitrogens with one attached hydrogen (secondary N) is 2. The molecule has 6 heteroatoms. The molecule has 21 heavy (non-hydrogen) atoms. The molecule has 0 aliphatic heterocycles. The summed E-state index contributed by atoms with van der Waals surface area (Å²) >= 11 is 1.70. The summed E-state index contributed by atoms with van der Waals surface area (Å²) in [5.74, 6) is 0. The van der Waals surface area contributed by atoms with Crippen LogP contribution in [-0.4, -0.2) is 14.5 Å². The molecule has 2 N–H and O–H groups in total. The zero-order valence-electron chi connectivity index (χ0n) is 12.4. The zero-order valence-corrected chi connectivity index (χ0v) is 14.0. The maximum absolute atomic E-state index is 12.3. The number of aryl methyl sites for hydroxylation is 1. The van der Waals surface area contributed by atoms with Gasteiger partial charge in [-0.15, -0.1) is 11.3 Å². The predicted molar refractivity (Wildman–Crippen MR) is 88.3 cm³/mol. The summed E-state index contributed by atoms with van der Waals surface area (Å²) in [7, 11) is -3.50. The third-order valence-electron chi connectivity index (χ3n) is 2.82. The first-order valence-corrected chi connectivity index (χ1v) is 9.09. The molecule has 0 spiro atoms. The van der Waals surface area contributed by atoms with Gasteiger partial charge in [-0.3, -0.25) is 0 Å². The minimum atomic E-state index is -3.50. The maximum Gasteiger partial charge on any atom is 0.242 e. The Kier molecular flexibility index (Phi) is 5.03. The van der Waals surface area contributed by atoms with Gasteiger partial charge in [-0.05, 0) is 45.0 Å². The van der Waals surface area contributed by atoms with Crippen molar-refractivity contribution in [3.63, 3.8) is 0 Å². The van der Waals surface area contributed by atoms with Crippen molar-refractivity contribution in [2.24, 2.45) is 0 Å². The van der Waals surface area contributed by atoms with Gasteiger partial charge in [0.25, 0.3) is 0 Å². The molecule has 0 radical (unpaired) electrons. The Hall–Kier alpha value is -1.37. The molecule has 1 aromatic carbocycles. The maximum atomic E-state index is 12.3. The van der Waals surface area contributed by atoms with E-state index in [2.05, 4.69) is 29.1 Å². The quantitative estimate of drug-likeness (QED) is 0.856. The largest absolute Gasteiger partial charge is 0.379 e. The molecule has 0 bridgehead atoms. The molecule has 0 aliphatic rings. The van der Waals surface area contributed by atoms with Crippen molar-refractivity contribution < 1.29 is 8.42 Å². The Morgan fingerprint density at radius 3 is 2.48 bits per heavy atom. The van der Waals surface area contributed by atoms with Gasteiger partial charge in [0.2, 0.25) is 10.0 Å². The van der Waals surface area contributed by atoms with Gasteiger partial charge in [0.05, 0.1) is 5.69 Å². The van der Waals surface area contributed by atoms with Crippen molar-refractivity contribution in [3.8, 4) is 0 Å². The van der Waals surface area contributed by atoms with Crippen LogP contribution in [0.15, 0.2) is 41.3 Å². The van der Waals surface area contributed by atoms with Crippen LogP contribution in [-0.2, 0) is 16.6 Å². The van der Waals surface area contributed by atoms with Gasteiger partial charge in [0.15, 0.2) is 0 Å². The van der Waals surface area contributed by atoms with Gasteiger partial charge in [-0.2, -0.15) is 0 Å². The van der Waals surface area contributed by atoms with Crippen molar-refractivity contribution in [2.45, 2.75) is 38.3 Å². The molecular weight excluding hydrogens is 304 g/mol. The average Bonchev–Trinajstić information content (AvgIpc) is 2.81. The van der Waals surface area contributed by atoms with Crippen molar-refractivity contribution >= 4 is 27.0 Å². The van der Waals surface area contributed by atoms with Crippen LogP contribution in [0.4, 0.5) is 5.69 Å². The summed E-state index contributed by atoms with van der Waals surface area (Å²) in [4.78, 5) is 2.71. The number of thiophene rings is 1. The molecule has 0 aliphatic carbocycles. The molecule has 0 unspecified atom stereocenters. The normalized spacial score (nSPS) is 11.8. The minimum absolute atomic E-state index is 0.136. The number of hydrogen-bond donors (Lipinski definition) is 2. The van der Waals surface area contributed by atoms with E-state index in [1.807, 2.05) is 19.9 Å². The summed E-state index contributed by atoms with van der Waals surface area (Å²) in [6.45, 7) is 6.29. The second kappa shape index (κ2) is 6.60. The first-order valence-electron chi connectivity index (χ1n) is 6.79. The van der Waals surface area contributed by atoms with Crippen LogP contribution >= 0.6 is 11.3 Å². The lowest BCUT2D eigenvalue weighted by molar-refractivity contribution is 0.570. The molecular formula is C15H20N2O2S2. The Labute approximate surface area is 130 Å². The standard InChI is InChI=1S/C15H20N2O2S2/c1-11(2)17-21(18,19)15-7-5-4-6-14(15)16-10-13-9-8-12(3)20-13/h4-9,11,16-17H,10H2,1-3H3. The van der Waals surface area contributed by atoms with E-state index < -0.39 is 10.0 Å². The van der Waals surface area contributed by atoms with Gasteiger partial charge >= 0.3 is 0 Å². The van der Waals surface area contributed by atoms with Crippen LogP contribution in [0.5, 0.6) is 0 Å². The molecule has 0 atom stereocenters. The van der Waals surface area contributed by atoms with Crippen molar-refractivity contribution in [1.29, 1.82) is 0 Å². The summed E-state index contributed by atoms with van der Waals surface area (Å²) in [5.41, 5.74) is 0.622. The van der Waals surface area contributed by atoms with E-state index in [0.717, 1.165) is 0 Å². The summed E-state index contributed by atoms with van der Waals surface area (Å²) in [6, 6.07) is 10.9. The Balaban J connectivity index is 2.21. The van der Waals surface area contributed by atoms with E-state index in [1.54, 1.807) is 29.5 Å². The van der Waals surface area contributed by atoms with Crippen LogP contribution < -0.4 is 10.0 Å². The Bertz CT molecular complexity index is 706. The highest BCUT2D eigenvalue weighted by Gasteiger charge is 2.18. The van der Waals surface area contributed by atoms with Crippen LogP contribution in [0.2, 0.25) is 0 Å². The molecule has 1 aromatic heterocycles. The fraction of sp³-hybridized carbons (Fsp3) is 0.333. The lowest BCUT2D eigenvalue weighted by atomic mass is 10.3. The number of para-hydroxylation sites is 1. The third kappa shape index (κ3) is 4.30. The number of anilines is 1. The lowest BCUT2D eigenvalue weighted by Gasteiger charge is -2.14. The Morgan fingerprint density at radius 2 is 1.86 bits per heavy atom. The topological polar surface area (TPSA) is 58.2 Å². The fourth-order valence-electron chi connectivity index (χ4n) is 1.98. The molecule has 0 saturated carbocycles. The smallest absolute Gasteiger partial charge is 0.242 e. The summed E-state index contributed by atoms with van der Waals surface area (Å²) in [6.07, 6.45) is 0. The van der Waals surface area contributed by atoms with Crippen LogP contribution in [0.25, 0.3) is 0 Å². The van der Waals surface area contributed by atoms with Crippen LogP contribution in [0, 0.1) is 6.92 Å². The van der Waals surface area contributed by atoms with Gasteiger partial charge in [-0.25, -0.2) is 13.1 Å². The van der Waals surface area contributed by atoms with E-state index in [1.165, 1.54) is 9.75 Å². The van der Waals surface area contributed by atoms with Crippen molar-refractivity contribution in [3.05, 3.63) is 46.2 Å². The molecule has 0 saturated heterocycles. The van der Waals surface area contributed by atoms with E-state index >= 15 is 0 Å². The molecule has 1 heterocycles. The minimum Gasteiger partial charge on any atom is -0.379 e. The number of rotatable bonds is 6. The summed E-state index contributed by atoms with van der Waals surface area (Å²) < 4.78 is 27.3. The highest BCUT2D eigenvalue weighted by Crippen LogP contribution is 2.23. The average molecular weight is 324 g/mol. The molecule has 0 amide bonds. The van der Waals surface area contributed by atoms with Gasteiger partial charge < -0.3 is 5.32 Å². The highest BCUT2D eigenvalue weighted by molar-refractivity contribution is 7.89.